The van der Waals surface area contributed by atoms with E-state index in [1.165, 1.54) is 11.0 Å². The Morgan fingerprint density at radius 2 is 2.04 bits per heavy atom. The Kier molecular flexibility index (Phi) is 5.30. The SMILES string of the molecule is S=c1[nH]ncn1/N=C/c1cc(Cl)ccc1OCc1cccc(Cl)c1. The van der Waals surface area contributed by atoms with E-state index in [0.29, 0.717) is 27.2 Å². The summed E-state index contributed by atoms with van der Waals surface area (Å²) in [5.74, 6) is 0.651. The highest BCUT2D eigenvalue weighted by molar-refractivity contribution is 7.71. The van der Waals surface area contributed by atoms with Crippen LogP contribution in [0, 0.1) is 4.77 Å². The van der Waals surface area contributed by atoms with Crippen LogP contribution in [0.5, 0.6) is 5.75 Å². The van der Waals surface area contributed by atoms with Crippen LogP contribution in [0.15, 0.2) is 53.9 Å². The lowest BCUT2D eigenvalue weighted by atomic mass is 10.2. The van der Waals surface area contributed by atoms with Crippen molar-refractivity contribution in [1.29, 1.82) is 0 Å². The molecule has 0 atom stereocenters. The van der Waals surface area contributed by atoms with Crippen molar-refractivity contribution in [3.8, 4) is 5.75 Å². The van der Waals surface area contributed by atoms with Crippen LogP contribution in [-0.4, -0.2) is 21.1 Å². The van der Waals surface area contributed by atoms with E-state index in [4.69, 9.17) is 40.2 Å². The van der Waals surface area contributed by atoms with E-state index < -0.39 is 0 Å². The number of aromatic amines is 1. The zero-order valence-corrected chi connectivity index (χ0v) is 14.6. The maximum atomic E-state index is 6.07. The fourth-order valence-corrected chi connectivity index (χ4v) is 2.53. The third kappa shape index (κ3) is 4.23. The molecule has 0 aliphatic carbocycles. The summed E-state index contributed by atoms with van der Waals surface area (Å²) in [6.07, 6.45) is 3.10. The summed E-state index contributed by atoms with van der Waals surface area (Å²) in [4.78, 5) is 0. The van der Waals surface area contributed by atoms with E-state index in [0.717, 1.165) is 11.1 Å². The Balaban J connectivity index is 1.81. The quantitative estimate of drug-likeness (QED) is 0.516. The van der Waals surface area contributed by atoms with Gasteiger partial charge in [-0.2, -0.15) is 14.9 Å². The molecule has 2 aromatic carbocycles. The fraction of sp³-hybridized carbons (Fsp3) is 0.0625. The summed E-state index contributed by atoms with van der Waals surface area (Å²) in [5.41, 5.74) is 1.70. The molecule has 3 aromatic rings. The summed E-state index contributed by atoms with van der Waals surface area (Å²) in [6, 6.07) is 12.8. The van der Waals surface area contributed by atoms with Gasteiger partial charge in [0.1, 0.15) is 18.7 Å². The minimum atomic E-state index is 0.383. The molecule has 0 spiro atoms. The van der Waals surface area contributed by atoms with Gasteiger partial charge in [0, 0.05) is 15.6 Å². The van der Waals surface area contributed by atoms with Crippen LogP contribution in [0.3, 0.4) is 0 Å². The molecule has 0 unspecified atom stereocenters. The maximum absolute atomic E-state index is 6.07. The number of benzene rings is 2. The van der Waals surface area contributed by atoms with E-state index in [2.05, 4.69) is 15.3 Å². The van der Waals surface area contributed by atoms with Crippen molar-refractivity contribution in [3.63, 3.8) is 0 Å². The van der Waals surface area contributed by atoms with Gasteiger partial charge in [0.05, 0.1) is 6.21 Å². The summed E-state index contributed by atoms with van der Waals surface area (Å²) in [5, 5.41) is 11.9. The predicted octanol–water partition coefficient (Wildman–Crippen LogP) is 4.71. The molecule has 0 aliphatic rings. The lowest BCUT2D eigenvalue weighted by Gasteiger charge is -2.10. The van der Waals surface area contributed by atoms with Crippen LogP contribution < -0.4 is 4.74 Å². The number of rotatable bonds is 5. The van der Waals surface area contributed by atoms with E-state index in [1.807, 2.05) is 24.3 Å². The van der Waals surface area contributed by atoms with Crippen LogP contribution in [0.1, 0.15) is 11.1 Å². The van der Waals surface area contributed by atoms with Crippen LogP contribution in [0.25, 0.3) is 0 Å². The molecule has 3 rings (SSSR count). The second-order valence-electron chi connectivity index (χ2n) is 4.85. The molecular formula is C16H12Cl2N4OS. The Morgan fingerprint density at radius 1 is 1.21 bits per heavy atom. The molecule has 1 aromatic heterocycles. The van der Waals surface area contributed by atoms with Gasteiger partial charge in [-0.15, -0.1) is 0 Å². The topological polar surface area (TPSA) is 55.2 Å². The average Bonchev–Trinajstić information content (AvgIpc) is 2.97. The average molecular weight is 379 g/mol. The molecule has 0 bridgehead atoms. The molecule has 0 radical (unpaired) electrons. The smallest absolute Gasteiger partial charge is 0.216 e. The third-order valence-electron chi connectivity index (χ3n) is 3.11. The summed E-state index contributed by atoms with van der Waals surface area (Å²) in [6.45, 7) is 0.383. The third-order valence-corrected chi connectivity index (χ3v) is 3.86. The van der Waals surface area contributed by atoms with Crippen molar-refractivity contribution in [2.45, 2.75) is 6.61 Å². The number of hydrogen-bond acceptors (Lipinski definition) is 4. The summed E-state index contributed by atoms with van der Waals surface area (Å²) >= 11 is 17.1. The minimum Gasteiger partial charge on any atom is -0.488 e. The molecule has 0 saturated carbocycles. The van der Waals surface area contributed by atoms with E-state index in [9.17, 15) is 0 Å². The van der Waals surface area contributed by atoms with Crippen molar-refractivity contribution in [3.05, 3.63) is 74.7 Å². The molecule has 1 N–H and O–H groups in total. The highest BCUT2D eigenvalue weighted by Gasteiger charge is 2.04. The van der Waals surface area contributed by atoms with Gasteiger partial charge in [0.2, 0.25) is 4.77 Å². The molecule has 0 amide bonds. The van der Waals surface area contributed by atoms with Gasteiger partial charge in [-0.3, -0.25) is 5.10 Å². The molecular weight excluding hydrogens is 367 g/mol. The Bertz CT molecular complexity index is 936. The second-order valence-corrected chi connectivity index (χ2v) is 6.11. The molecule has 0 fully saturated rings. The molecule has 1 heterocycles. The Hall–Kier alpha value is -2.15. The van der Waals surface area contributed by atoms with Crippen LogP contribution >= 0.6 is 35.4 Å². The first-order chi connectivity index (χ1) is 11.6. The monoisotopic (exact) mass is 378 g/mol. The number of hydrogen-bond donors (Lipinski definition) is 1. The van der Waals surface area contributed by atoms with Gasteiger partial charge >= 0.3 is 0 Å². The molecule has 5 nitrogen and oxygen atoms in total. The van der Waals surface area contributed by atoms with E-state index in [1.54, 1.807) is 24.4 Å². The highest BCUT2D eigenvalue weighted by Crippen LogP contribution is 2.23. The number of H-pyrrole nitrogens is 1. The summed E-state index contributed by atoms with van der Waals surface area (Å²) in [7, 11) is 0. The zero-order chi connectivity index (χ0) is 16.9. The van der Waals surface area contributed by atoms with Gasteiger partial charge in [0.25, 0.3) is 0 Å². The highest BCUT2D eigenvalue weighted by atomic mass is 35.5. The number of ether oxygens (including phenoxy) is 1. The first kappa shape index (κ1) is 16.7. The van der Waals surface area contributed by atoms with Gasteiger partial charge in [-0.05, 0) is 48.1 Å². The number of nitrogens with one attached hydrogen (secondary N) is 1. The normalized spacial score (nSPS) is 11.1. The van der Waals surface area contributed by atoms with Crippen LogP contribution in [-0.2, 0) is 6.61 Å². The molecule has 8 heteroatoms. The van der Waals surface area contributed by atoms with Crippen molar-refractivity contribution in [1.82, 2.24) is 14.9 Å². The van der Waals surface area contributed by atoms with E-state index >= 15 is 0 Å². The lowest BCUT2D eigenvalue weighted by molar-refractivity contribution is 0.306. The molecule has 122 valence electrons. The number of aromatic nitrogens is 3. The van der Waals surface area contributed by atoms with E-state index in [-0.39, 0.29) is 0 Å². The van der Waals surface area contributed by atoms with Crippen molar-refractivity contribution >= 4 is 41.6 Å². The first-order valence-corrected chi connectivity index (χ1v) is 8.11. The Labute approximate surface area is 153 Å². The molecule has 0 aliphatic heterocycles. The van der Waals surface area contributed by atoms with Crippen molar-refractivity contribution < 1.29 is 4.74 Å². The standard InChI is InChI=1S/C16H12Cl2N4OS/c17-13-3-1-2-11(6-13)9-23-15-5-4-14(18)7-12(15)8-20-22-10-19-21-16(22)24/h1-8,10H,9H2,(H,21,24)/b20-8+. The second kappa shape index (κ2) is 7.61. The largest absolute Gasteiger partial charge is 0.488 e. The fourth-order valence-electron chi connectivity index (χ4n) is 1.99. The zero-order valence-electron chi connectivity index (χ0n) is 12.3. The van der Waals surface area contributed by atoms with Gasteiger partial charge in [-0.25, -0.2) is 0 Å². The summed E-state index contributed by atoms with van der Waals surface area (Å²) < 4.78 is 7.71. The number of halogens is 2. The van der Waals surface area contributed by atoms with Gasteiger partial charge in [0.15, 0.2) is 0 Å². The van der Waals surface area contributed by atoms with Crippen molar-refractivity contribution in [2.75, 3.05) is 0 Å². The maximum Gasteiger partial charge on any atom is 0.216 e. The molecule has 24 heavy (non-hydrogen) atoms. The van der Waals surface area contributed by atoms with Crippen LogP contribution in [0.2, 0.25) is 10.0 Å². The van der Waals surface area contributed by atoms with Crippen LogP contribution in [0.4, 0.5) is 0 Å². The van der Waals surface area contributed by atoms with Gasteiger partial charge in [-0.1, -0.05) is 35.3 Å². The number of nitrogens with zero attached hydrogens (tertiary/aromatic N) is 3. The predicted molar refractivity (Wildman–Crippen MR) is 97.6 cm³/mol. The lowest BCUT2D eigenvalue weighted by Crippen LogP contribution is -1.99. The van der Waals surface area contributed by atoms with Crippen molar-refractivity contribution in [2.24, 2.45) is 5.10 Å². The Morgan fingerprint density at radius 3 is 2.79 bits per heavy atom. The molecule has 0 saturated heterocycles. The first-order valence-electron chi connectivity index (χ1n) is 6.95. The van der Waals surface area contributed by atoms with Gasteiger partial charge < -0.3 is 4.74 Å². The minimum absolute atomic E-state index is 0.383.